The Bertz CT molecular complexity index is 821. The quantitative estimate of drug-likeness (QED) is 0.777. The van der Waals surface area contributed by atoms with Crippen molar-refractivity contribution in [3.8, 4) is 17.4 Å². The van der Waals surface area contributed by atoms with Crippen LogP contribution in [0, 0.1) is 5.82 Å². The van der Waals surface area contributed by atoms with E-state index in [2.05, 4.69) is 4.98 Å². The van der Waals surface area contributed by atoms with E-state index in [0.717, 1.165) is 18.9 Å². The molecule has 0 unspecified atom stereocenters. The Balaban J connectivity index is 1.91. The van der Waals surface area contributed by atoms with Crippen LogP contribution in [0.5, 0.6) is 17.4 Å². The van der Waals surface area contributed by atoms with Crippen LogP contribution in [0.25, 0.3) is 0 Å². The largest absolute Gasteiger partial charge is 0.478 e. The molecule has 1 saturated carbocycles. The number of carboxylic acids is 1. The van der Waals surface area contributed by atoms with Crippen molar-refractivity contribution >= 4 is 17.6 Å². The summed E-state index contributed by atoms with van der Waals surface area (Å²) in [6.45, 7) is 3.72. The van der Waals surface area contributed by atoms with Crippen molar-refractivity contribution in [3.63, 3.8) is 0 Å². The highest BCUT2D eigenvalue weighted by atomic mass is 35.5. The van der Waals surface area contributed by atoms with Crippen LogP contribution in [0.1, 0.15) is 48.5 Å². The molecule has 0 bridgehead atoms. The molecule has 1 heterocycles. The lowest BCUT2D eigenvalue weighted by Gasteiger charge is -2.14. The third-order valence-corrected chi connectivity index (χ3v) is 3.98. The third-order valence-electron chi connectivity index (χ3n) is 3.70. The summed E-state index contributed by atoms with van der Waals surface area (Å²) in [6.07, 6.45) is 3.20. The highest BCUT2D eigenvalue weighted by molar-refractivity contribution is 6.31. The van der Waals surface area contributed by atoms with Gasteiger partial charge < -0.3 is 14.6 Å². The molecule has 0 saturated heterocycles. The second-order valence-electron chi connectivity index (χ2n) is 6.18. The number of hydrogen-bond donors (Lipinski definition) is 1. The number of halogens is 2. The van der Waals surface area contributed by atoms with Crippen molar-refractivity contribution < 1.29 is 23.8 Å². The zero-order valence-electron chi connectivity index (χ0n) is 13.8. The Labute approximate surface area is 149 Å². The second-order valence-corrected chi connectivity index (χ2v) is 6.58. The first kappa shape index (κ1) is 17.5. The number of ether oxygens (including phenoxy) is 2. The predicted octanol–water partition coefficient (Wildman–Crippen LogP) is 5.03. The third kappa shape index (κ3) is 4.02. The summed E-state index contributed by atoms with van der Waals surface area (Å²) in [5, 5.41) is 9.37. The topological polar surface area (TPSA) is 68.7 Å². The van der Waals surface area contributed by atoms with Crippen molar-refractivity contribution in [2.45, 2.75) is 38.7 Å². The lowest BCUT2D eigenvalue weighted by Crippen LogP contribution is -2.07. The first-order chi connectivity index (χ1) is 11.8. The average molecular weight is 366 g/mol. The lowest BCUT2D eigenvalue weighted by molar-refractivity contribution is 0.0691. The van der Waals surface area contributed by atoms with Gasteiger partial charge in [0.05, 0.1) is 17.9 Å². The number of aromatic nitrogens is 1. The molecule has 0 radical (unpaired) electrons. The van der Waals surface area contributed by atoms with Gasteiger partial charge in [-0.2, -0.15) is 0 Å². The van der Waals surface area contributed by atoms with Gasteiger partial charge in [-0.3, -0.25) is 0 Å². The molecule has 5 nitrogen and oxygen atoms in total. The van der Waals surface area contributed by atoms with Crippen molar-refractivity contribution in [2.24, 2.45) is 0 Å². The fourth-order valence-corrected chi connectivity index (χ4v) is 2.64. The maximum absolute atomic E-state index is 14.0. The molecule has 7 heteroatoms. The number of pyridine rings is 1. The van der Waals surface area contributed by atoms with Gasteiger partial charge in [0.2, 0.25) is 5.88 Å². The van der Waals surface area contributed by atoms with E-state index in [9.17, 15) is 9.18 Å². The molecule has 1 aromatic carbocycles. The zero-order valence-corrected chi connectivity index (χ0v) is 14.5. The monoisotopic (exact) mass is 365 g/mol. The average Bonchev–Trinajstić information content (AvgIpc) is 3.34. The fourth-order valence-electron chi connectivity index (χ4n) is 2.44. The Morgan fingerprint density at radius 1 is 1.36 bits per heavy atom. The first-order valence-corrected chi connectivity index (χ1v) is 8.29. The van der Waals surface area contributed by atoms with E-state index in [0.29, 0.717) is 17.2 Å². The van der Waals surface area contributed by atoms with Crippen LogP contribution in [0.3, 0.4) is 0 Å². The van der Waals surface area contributed by atoms with Crippen LogP contribution in [0.4, 0.5) is 4.39 Å². The van der Waals surface area contributed by atoms with Crippen LogP contribution in [-0.4, -0.2) is 22.2 Å². The summed E-state index contributed by atoms with van der Waals surface area (Å²) < 4.78 is 25.2. The highest BCUT2D eigenvalue weighted by Gasteiger charge is 2.29. The summed E-state index contributed by atoms with van der Waals surface area (Å²) in [7, 11) is 0. The van der Waals surface area contributed by atoms with Crippen molar-refractivity contribution in [2.75, 3.05) is 0 Å². The molecule has 1 aliphatic carbocycles. The van der Waals surface area contributed by atoms with E-state index < -0.39 is 11.8 Å². The smallest absolute Gasteiger partial charge is 0.338 e. The van der Waals surface area contributed by atoms with Gasteiger partial charge in [-0.1, -0.05) is 11.6 Å². The Hall–Kier alpha value is -2.34. The van der Waals surface area contributed by atoms with Gasteiger partial charge in [0.25, 0.3) is 0 Å². The summed E-state index contributed by atoms with van der Waals surface area (Å²) in [5.74, 6) is -1.07. The molecule has 1 aliphatic rings. The molecule has 1 fully saturated rings. The predicted molar refractivity (Wildman–Crippen MR) is 90.4 cm³/mol. The molecule has 0 aliphatic heterocycles. The standard InChI is InChI=1S/C18H17ClFNO4/c1-9(2)24-17-14(19)5-11(8-21-17)25-16-7-15(20)13(18(22)23)6-12(16)10-3-4-10/h5-10H,3-4H2,1-2H3,(H,22,23). The minimum absolute atomic E-state index is 0.0732. The summed E-state index contributed by atoms with van der Waals surface area (Å²) in [6, 6.07) is 3.98. The second kappa shape index (κ2) is 6.88. The van der Waals surface area contributed by atoms with E-state index in [-0.39, 0.29) is 28.4 Å². The maximum Gasteiger partial charge on any atom is 0.338 e. The minimum Gasteiger partial charge on any atom is -0.478 e. The van der Waals surface area contributed by atoms with Crippen LogP contribution in [-0.2, 0) is 0 Å². The minimum atomic E-state index is -1.30. The molecule has 0 atom stereocenters. The number of carbonyl (C=O) groups is 1. The molecule has 3 rings (SSSR count). The van der Waals surface area contributed by atoms with Gasteiger partial charge >= 0.3 is 5.97 Å². The lowest BCUT2D eigenvalue weighted by atomic mass is 10.0. The van der Waals surface area contributed by atoms with Crippen LogP contribution >= 0.6 is 11.6 Å². The van der Waals surface area contributed by atoms with Gasteiger partial charge in [0, 0.05) is 12.1 Å². The normalized spacial score (nSPS) is 13.8. The number of benzene rings is 1. The van der Waals surface area contributed by atoms with E-state index >= 15 is 0 Å². The molecule has 25 heavy (non-hydrogen) atoms. The van der Waals surface area contributed by atoms with Crippen molar-refractivity contribution in [1.29, 1.82) is 0 Å². The molecule has 0 amide bonds. The molecule has 1 aromatic heterocycles. The molecule has 2 aromatic rings. The summed E-state index contributed by atoms with van der Waals surface area (Å²) in [4.78, 5) is 15.2. The zero-order chi connectivity index (χ0) is 18.1. The number of hydrogen-bond acceptors (Lipinski definition) is 4. The summed E-state index contributed by atoms with van der Waals surface area (Å²) >= 11 is 6.13. The first-order valence-electron chi connectivity index (χ1n) is 7.92. The highest BCUT2D eigenvalue weighted by Crippen LogP contribution is 2.46. The Morgan fingerprint density at radius 2 is 2.08 bits per heavy atom. The van der Waals surface area contributed by atoms with Gasteiger partial charge in [0.1, 0.15) is 22.3 Å². The Kier molecular flexibility index (Phi) is 4.81. The maximum atomic E-state index is 14.0. The van der Waals surface area contributed by atoms with Crippen LogP contribution in [0.2, 0.25) is 5.02 Å². The van der Waals surface area contributed by atoms with Crippen molar-refractivity contribution in [3.05, 3.63) is 46.4 Å². The molecule has 132 valence electrons. The molecule has 1 N–H and O–H groups in total. The Morgan fingerprint density at radius 3 is 2.64 bits per heavy atom. The SMILES string of the molecule is CC(C)Oc1ncc(Oc2cc(F)c(C(=O)O)cc2C2CC2)cc1Cl. The van der Waals surface area contributed by atoms with Crippen LogP contribution in [0.15, 0.2) is 24.4 Å². The number of nitrogens with zero attached hydrogens (tertiary/aromatic N) is 1. The molecular weight excluding hydrogens is 349 g/mol. The number of aromatic carboxylic acids is 1. The van der Waals surface area contributed by atoms with Gasteiger partial charge in [-0.25, -0.2) is 14.2 Å². The van der Waals surface area contributed by atoms with Crippen molar-refractivity contribution in [1.82, 2.24) is 4.98 Å². The fraction of sp³-hybridized carbons (Fsp3) is 0.333. The van der Waals surface area contributed by atoms with Gasteiger partial charge in [-0.15, -0.1) is 0 Å². The van der Waals surface area contributed by atoms with Gasteiger partial charge in [0.15, 0.2) is 0 Å². The van der Waals surface area contributed by atoms with E-state index in [1.807, 2.05) is 13.8 Å². The number of rotatable bonds is 6. The molecule has 0 spiro atoms. The van der Waals surface area contributed by atoms with E-state index in [1.54, 1.807) is 0 Å². The van der Waals surface area contributed by atoms with E-state index in [4.69, 9.17) is 26.2 Å². The molecular formula is C18H17ClFNO4. The summed E-state index contributed by atoms with van der Waals surface area (Å²) in [5.41, 5.74) is 0.323. The van der Waals surface area contributed by atoms with E-state index in [1.165, 1.54) is 18.3 Å². The van der Waals surface area contributed by atoms with Crippen LogP contribution < -0.4 is 9.47 Å². The number of carboxylic acid groups (broad SMARTS) is 1. The van der Waals surface area contributed by atoms with Gasteiger partial charge in [-0.05, 0) is 44.2 Å².